The van der Waals surface area contributed by atoms with Crippen LogP contribution in [-0.4, -0.2) is 18.4 Å². The van der Waals surface area contributed by atoms with Crippen LogP contribution in [0.25, 0.3) is 0 Å². The molecule has 0 N–H and O–H groups in total. The molecule has 3 heteroatoms. The molecule has 0 bridgehead atoms. The van der Waals surface area contributed by atoms with Crippen LogP contribution in [0.1, 0.15) is 55.5 Å². The fourth-order valence-corrected chi connectivity index (χ4v) is 2.32. The van der Waals surface area contributed by atoms with Crippen molar-refractivity contribution in [3.05, 3.63) is 83.9 Å². The van der Waals surface area contributed by atoms with Gasteiger partial charge >= 0.3 is 5.97 Å². The van der Waals surface area contributed by atoms with Gasteiger partial charge in [0.2, 0.25) is 0 Å². The normalized spacial score (nSPS) is 9.70. The maximum atomic E-state index is 11.8. The highest BCUT2D eigenvalue weighted by Crippen LogP contribution is 2.06. The number of carbonyl (C=O) groups is 2. The first-order valence-corrected chi connectivity index (χ1v) is 9.49. The van der Waals surface area contributed by atoms with Gasteiger partial charge in [-0.3, -0.25) is 4.79 Å². The van der Waals surface area contributed by atoms with E-state index >= 15 is 0 Å². The predicted octanol–water partition coefficient (Wildman–Crippen LogP) is 5.80. The monoisotopic (exact) mass is 366 g/mol. The lowest BCUT2D eigenvalue weighted by Gasteiger charge is -2.02. The Labute approximate surface area is 163 Å². The smallest absolute Gasteiger partial charge is 0.333 e. The standard InChI is InChI=1S/C14H12O.C10H18O2/c15-14(13-9-5-2-6-10-13)11-12-7-3-1-4-8-12;1-4-5-6-7-8-12-10(11)9(2)3/h1-10H,11H2;2,4-8H2,1,3H3. The second-order valence-electron chi connectivity index (χ2n) is 6.43. The summed E-state index contributed by atoms with van der Waals surface area (Å²) in [6.07, 6.45) is 5.00. The summed E-state index contributed by atoms with van der Waals surface area (Å²) in [7, 11) is 0. The van der Waals surface area contributed by atoms with Crippen molar-refractivity contribution in [1.29, 1.82) is 0 Å². The number of unbranched alkanes of at least 4 members (excludes halogenated alkanes) is 3. The molecular formula is C24H30O3. The third-order valence-corrected chi connectivity index (χ3v) is 3.88. The van der Waals surface area contributed by atoms with Crippen LogP contribution < -0.4 is 0 Å². The van der Waals surface area contributed by atoms with E-state index in [1.54, 1.807) is 6.92 Å². The predicted molar refractivity (Wildman–Crippen MR) is 111 cm³/mol. The molecule has 0 fully saturated rings. The number of Topliss-reactive ketones (excluding diaryl/α,β-unsaturated/α-hetero) is 1. The fourth-order valence-electron chi connectivity index (χ4n) is 2.32. The van der Waals surface area contributed by atoms with E-state index in [0.717, 1.165) is 24.0 Å². The minimum Gasteiger partial charge on any atom is -0.462 e. The number of hydrogen-bond donors (Lipinski definition) is 0. The first kappa shape index (κ1) is 22.4. The van der Waals surface area contributed by atoms with Crippen molar-refractivity contribution in [2.24, 2.45) is 0 Å². The number of hydrogen-bond acceptors (Lipinski definition) is 3. The Hall–Kier alpha value is -2.68. The molecule has 0 atom stereocenters. The molecular weight excluding hydrogens is 336 g/mol. The van der Waals surface area contributed by atoms with Crippen molar-refractivity contribution in [2.45, 2.75) is 46.0 Å². The fraction of sp³-hybridized carbons (Fsp3) is 0.333. The molecule has 0 aliphatic rings. The minimum atomic E-state index is -0.272. The highest BCUT2D eigenvalue weighted by Gasteiger charge is 2.05. The third kappa shape index (κ3) is 10.1. The molecule has 0 saturated heterocycles. The van der Waals surface area contributed by atoms with Crippen LogP contribution in [0.2, 0.25) is 0 Å². The van der Waals surface area contributed by atoms with Crippen LogP contribution >= 0.6 is 0 Å². The quantitative estimate of drug-likeness (QED) is 0.244. The molecule has 0 aliphatic carbocycles. The summed E-state index contributed by atoms with van der Waals surface area (Å²) in [5.74, 6) is -0.103. The average molecular weight is 367 g/mol. The lowest BCUT2D eigenvalue weighted by atomic mass is 10.0. The zero-order chi connectivity index (χ0) is 19.9. The maximum absolute atomic E-state index is 11.8. The van der Waals surface area contributed by atoms with Crippen molar-refractivity contribution in [3.63, 3.8) is 0 Å². The lowest BCUT2D eigenvalue weighted by molar-refractivity contribution is -0.139. The van der Waals surface area contributed by atoms with Gasteiger partial charge in [-0.1, -0.05) is 93.4 Å². The molecule has 2 aromatic carbocycles. The number of esters is 1. The number of ketones is 1. The highest BCUT2D eigenvalue weighted by molar-refractivity contribution is 5.97. The van der Waals surface area contributed by atoms with Crippen LogP contribution in [0.15, 0.2) is 72.8 Å². The largest absolute Gasteiger partial charge is 0.462 e. The Balaban J connectivity index is 0.000000279. The van der Waals surface area contributed by atoms with Gasteiger partial charge in [-0.25, -0.2) is 4.79 Å². The number of rotatable bonds is 9. The highest BCUT2D eigenvalue weighted by atomic mass is 16.5. The van der Waals surface area contributed by atoms with E-state index in [9.17, 15) is 9.59 Å². The molecule has 0 unspecified atom stereocenters. The second-order valence-corrected chi connectivity index (χ2v) is 6.43. The zero-order valence-corrected chi connectivity index (χ0v) is 16.4. The summed E-state index contributed by atoms with van der Waals surface area (Å²) >= 11 is 0. The Morgan fingerprint density at radius 2 is 1.48 bits per heavy atom. The van der Waals surface area contributed by atoms with Gasteiger partial charge in [-0.2, -0.15) is 0 Å². The molecule has 144 valence electrons. The van der Waals surface area contributed by atoms with Gasteiger partial charge < -0.3 is 4.74 Å². The van der Waals surface area contributed by atoms with Crippen molar-refractivity contribution in [2.75, 3.05) is 6.61 Å². The Morgan fingerprint density at radius 3 is 2.04 bits per heavy atom. The lowest BCUT2D eigenvalue weighted by Crippen LogP contribution is -2.05. The molecule has 27 heavy (non-hydrogen) atoms. The topological polar surface area (TPSA) is 43.4 Å². The zero-order valence-electron chi connectivity index (χ0n) is 16.4. The molecule has 0 heterocycles. The van der Waals surface area contributed by atoms with E-state index in [4.69, 9.17) is 4.74 Å². The van der Waals surface area contributed by atoms with Crippen LogP contribution in [0, 0.1) is 0 Å². The van der Waals surface area contributed by atoms with Crippen molar-refractivity contribution < 1.29 is 14.3 Å². The summed E-state index contributed by atoms with van der Waals surface area (Å²) in [5.41, 5.74) is 2.32. The summed E-state index contributed by atoms with van der Waals surface area (Å²) in [6.45, 7) is 7.84. The van der Waals surface area contributed by atoms with Crippen molar-refractivity contribution in [3.8, 4) is 0 Å². The maximum Gasteiger partial charge on any atom is 0.333 e. The van der Waals surface area contributed by atoms with Gasteiger partial charge in [0.25, 0.3) is 0 Å². The second kappa shape index (κ2) is 13.5. The first-order chi connectivity index (χ1) is 13.0. The van der Waals surface area contributed by atoms with Crippen molar-refractivity contribution >= 4 is 11.8 Å². The first-order valence-electron chi connectivity index (χ1n) is 9.49. The van der Waals surface area contributed by atoms with E-state index in [1.165, 1.54) is 12.8 Å². The van der Waals surface area contributed by atoms with Gasteiger partial charge in [-0.15, -0.1) is 0 Å². The van der Waals surface area contributed by atoms with Gasteiger partial charge in [0.1, 0.15) is 0 Å². The number of ether oxygens (including phenoxy) is 1. The minimum absolute atomic E-state index is 0.168. The summed E-state index contributed by atoms with van der Waals surface area (Å²) in [5, 5.41) is 0. The molecule has 0 aliphatic heterocycles. The molecule has 3 nitrogen and oxygen atoms in total. The Kier molecular flexibility index (Phi) is 11.2. The van der Waals surface area contributed by atoms with Gasteiger partial charge in [0.05, 0.1) is 6.61 Å². The molecule has 0 amide bonds. The van der Waals surface area contributed by atoms with Crippen LogP contribution in [-0.2, 0) is 16.0 Å². The van der Waals surface area contributed by atoms with E-state index < -0.39 is 0 Å². The molecule has 0 radical (unpaired) electrons. The Morgan fingerprint density at radius 1 is 0.889 bits per heavy atom. The van der Waals surface area contributed by atoms with Gasteiger partial charge in [0.15, 0.2) is 5.78 Å². The molecule has 0 saturated carbocycles. The summed E-state index contributed by atoms with van der Waals surface area (Å²) < 4.78 is 4.91. The number of benzene rings is 2. The summed E-state index contributed by atoms with van der Waals surface area (Å²) in [4.78, 5) is 22.7. The average Bonchev–Trinajstić information content (AvgIpc) is 2.69. The van der Waals surface area contributed by atoms with Crippen molar-refractivity contribution in [1.82, 2.24) is 0 Å². The van der Waals surface area contributed by atoms with Gasteiger partial charge in [0, 0.05) is 17.6 Å². The van der Waals surface area contributed by atoms with E-state index in [0.29, 0.717) is 18.6 Å². The van der Waals surface area contributed by atoms with Crippen LogP contribution in [0.3, 0.4) is 0 Å². The van der Waals surface area contributed by atoms with E-state index in [1.807, 2.05) is 60.7 Å². The van der Waals surface area contributed by atoms with Gasteiger partial charge in [-0.05, 0) is 18.9 Å². The van der Waals surface area contributed by atoms with Crippen LogP contribution in [0.4, 0.5) is 0 Å². The Bertz CT molecular complexity index is 690. The third-order valence-electron chi connectivity index (χ3n) is 3.88. The molecule has 2 rings (SSSR count). The molecule has 0 aromatic heterocycles. The molecule has 0 spiro atoms. The van der Waals surface area contributed by atoms with E-state index in [-0.39, 0.29) is 11.8 Å². The SMILES string of the molecule is C=C(C)C(=O)OCCCCCC.O=C(Cc1ccccc1)c1ccccc1. The molecule has 2 aromatic rings. The summed E-state index contributed by atoms with van der Waals surface area (Å²) in [6, 6.07) is 19.2. The number of carbonyl (C=O) groups excluding carboxylic acids is 2. The van der Waals surface area contributed by atoms with Crippen LogP contribution in [0.5, 0.6) is 0 Å². The van der Waals surface area contributed by atoms with E-state index in [2.05, 4.69) is 13.5 Å².